The van der Waals surface area contributed by atoms with Crippen molar-refractivity contribution < 1.29 is 0 Å². The summed E-state index contributed by atoms with van der Waals surface area (Å²) in [6, 6.07) is 0. The van der Waals surface area contributed by atoms with Gasteiger partial charge in [-0.05, 0) is 11.3 Å². The first-order valence-electron chi connectivity index (χ1n) is 4.36. The van der Waals surface area contributed by atoms with E-state index in [2.05, 4.69) is 41.3 Å². The smallest absolute Gasteiger partial charge is 0.0863 e. The predicted octanol–water partition coefficient (Wildman–Crippen LogP) is 3.42. The highest BCUT2D eigenvalue weighted by Gasteiger charge is 2.23. The van der Waals surface area contributed by atoms with Gasteiger partial charge in [0.2, 0.25) is 0 Å². The van der Waals surface area contributed by atoms with Crippen molar-refractivity contribution in [2.75, 3.05) is 0 Å². The van der Waals surface area contributed by atoms with Gasteiger partial charge in [0.15, 0.2) is 0 Å². The van der Waals surface area contributed by atoms with Crippen molar-refractivity contribution in [2.45, 2.75) is 47.7 Å². The van der Waals surface area contributed by atoms with Crippen molar-refractivity contribution in [3.63, 3.8) is 0 Å². The first-order valence-corrected chi connectivity index (χ1v) is 4.36. The highest BCUT2D eigenvalue weighted by Crippen LogP contribution is 2.31. The second-order valence-corrected chi connectivity index (χ2v) is 4.74. The molecule has 0 aliphatic heterocycles. The van der Waals surface area contributed by atoms with Gasteiger partial charge in [-0.1, -0.05) is 47.7 Å². The van der Waals surface area contributed by atoms with Gasteiger partial charge >= 0.3 is 0 Å². The van der Waals surface area contributed by atoms with Crippen molar-refractivity contribution >= 4 is 6.71 Å². The average molecular weight is 140 g/mol. The Morgan fingerprint density at radius 3 is 1.70 bits per heavy atom. The van der Waals surface area contributed by atoms with E-state index in [0.29, 0.717) is 5.41 Å². The lowest BCUT2D eigenvalue weighted by molar-refractivity contribution is 0.281. The molecule has 0 saturated carbocycles. The Morgan fingerprint density at radius 2 is 1.60 bits per heavy atom. The van der Waals surface area contributed by atoms with Crippen LogP contribution in [0.4, 0.5) is 0 Å². The van der Waals surface area contributed by atoms with Gasteiger partial charge < -0.3 is 0 Å². The van der Waals surface area contributed by atoms with Crippen molar-refractivity contribution in [3.05, 3.63) is 0 Å². The van der Waals surface area contributed by atoms with Crippen molar-refractivity contribution in [1.29, 1.82) is 0 Å². The topological polar surface area (TPSA) is 0 Å². The monoisotopic (exact) mass is 140 g/mol. The van der Waals surface area contributed by atoms with Gasteiger partial charge in [-0.15, -0.1) is 0 Å². The Labute approximate surface area is 66.5 Å². The molecule has 0 nitrogen and oxygen atoms in total. The quantitative estimate of drug-likeness (QED) is 0.527. The summed E-state index contributed by atoms with van der Waals surface area (Å²) in [7, 11) is 0. The summed E-state index contributed by atoms with van der Waals surface area (Å²) in [5, 5.41) is 0. The second kappa shape index (κ2) is 3.45. The van der Waals surface area contributed by atoms with Crippen LogP contribution in [-0.2, 0) is 0 Å². The summed E-state index contributed by atoms with van der Waals surface area (Å²) >= 11 is 0. The summed E-state index contributed by atoms with van der Waals surface area (Å²) < 4.78 is 0. The third-order valence-electron chi connectivity index (χ3n) is 2.50. The Hall–Kier alpha value is 0.0649. The van der Waals surface area contributed by atoms with Crippen LogP contribution in [-0.4, -0.2) is 6.71 Å². The van der Waals surface area contributed by atoms with E-state index < -0.39 is 0 Å². The van der Waals surface area contributed by atoms with Crippen LogP contribution in [0, 0.1) is 11.3 Å². The number of hydrogen-bond donors (Lipinski definition) is 0. The maximum atomic E-state index is 2.36. The summed E-state index contributed by atoms with van der Waals surface area (Å²) in [4.78, 5) is 0. The van der Waals surface area contributed by atoms with E-state index in [-0.39, 0.29) is 0 Å². The van der Waals surface area contributed by atoms with E-state index >= 15 is 0 Å². The van der Waals surface area contributed by atoms with E-state index in [1.54, 1.807) is 0 Å². The van der Waals surface area contributed by atoms with Crippen molar-refractivity contribution in [3.8, 4) is 0 Å². The molecule has 0 spiro atoms. The summed E-state index contributed by atoms with van der Waals surface area (Å²) in [5.41, 5.74) is 0.522. The SMILES string of the molecule is CB(C)CC(C)(C)C(C)C. The fourth-order valence-corrected chi connectivity index (χ4v) is 1.29. The summed E-state index contributed by atoms with van der Waals surface area (Å²) in [6.07, 6.45) is 1.34. The van der Waals surface area contributed by atoms with Crippen LogP contribution >= 0.6 is 0 Å². The molecule has 0 aromatic rings. The predicted molar refractivity (Wildman–Crippen MR) is 50.9 cm³/mol. The van der Waals surface area contributed by atoms with Gasteiger partial charge in [-0.3, -0.25) is 0 Å². The Kier molecular flexibility index (Phi) is 3.48. The third kappa shape index (κ3) is 3.29. The molecule has 0 atom stereocenters. The minimum Gasteiger partial charge on any atom is -0.0863 e. The zero-order valence-electron chi connectivity index (χ0n) is 8.36. The molecule has 0 aromatic carbocycles. The standard InChI is InChI=1S/C9H21B/c1-8(2)9(3,4)7-10(5)6/h8H,7H2,1-6H3. The summed E-state index contributed by atoms with van der Waals surface area (Å²) in [5.74, 6) is 0.801. The van der Waals surface area contributed by atoms with Crippen LogP contribution in [0.1, 0.15) is 27.7 Å². The molecule has 0 aliphatic rings. The molecule has 0 aromatic heterocycles. The second-order valence-electron chi connectivity index (χ2n) is 4.74. The largest absolute Gasteiger partial charge is 0.133 e. The molecule has 0 heterocycles. The molecular weight excluding hydrogens is 119 g/mol. The maximum absolute atomic E-state index is 2.36. The summed E-state index contributed by atoms with van der Waals surface area (Å²) in [6.45, 7) is 14.8. The molecule has 0 bridgehead atoms. The van der Waals surface area contributed by atoms with Crippen LogP contribution in [0.5, 0.6) is 0 Å². The molecule has 60 valence electrons. The highest BCUT2D eigenvalue weighted by molar-refractivity contribution is 6.55. The van der Waals surface area contributed by atoms with Crippen LogP contribution in [0.3, 0.4) is 0 Å². The van der Waals surface area contributed by atoms with E-state index in [0.717, 1.165) is 12.6 Å². The molecule has 0 radical (unpaired) electrons. The molecule has 0 fully saturated rings. The molecule has 1 heteroatoms. The highest BCUT2D eigenvalue weighted by atomic mass is 14.2. The van der Waals surface area contributed by atoms with Crippen molar-refractivity contribution in [1.82, 2.24) is 0 Å². The van der Waals surface area contributed by atoms with Gasteiger partial charge in [0.05, 0.1) is 0 Å². The Bertz CT molecular complexity index is 92.9. The van der Waals surface area contributed by atoms with Gasteiger partial charge in [0.1, 0.15) is 6.71 Å². The minimum atomic E-state index is 0.522. The molecule has 0 rings (SSSR count). The van der Waals surface area contributed by atoms with Gasteiger partial charge in [-0.2, -0.15) is 0 Å². The first kappa shape index (κ1) is 10.1. The molecule has 0 saturated heterocycles. The van der Waals surface area contributed by atoms with Crippen molar-refractivity contribution in [2.24, 2.45) is 11.3 Å². The minimum absolute atomic E-state index is 0.522. The van der Waals surface area contributed by atoms with Crippen LogP contribution < -0.4 is 0 Å². The van der Waals surface area contributed by atoms with E-state index in [9.17, 15) is 0 Å². The normalized spacial score (nSPS) is 12.3. The van der Waals surface area contributed by atoms with E-state index in [1.165, 1.54) is 6.32 Å². The Morgan fingerprint density at radius 1 is 1.20 bits per heavy atom. The molecule has 0 N–H and O–H groups in total. The molecular formula is C9H21B. The zero-order valence-corrected chi connectivity index (χ0v) is 8.36. The fourth-order valence-electron chi connectivity index (χ4n) is 1.29. The van der Waals surface area contributed by atoms with Gasteiger partial charge in [0, 0.05) is 0 Å². The number of rotatable bonds is 3. The van der Waals surface area contributed by atoms with E-state index in [4.69, 9.17) is 0 Å². The molecule has 0 aliphatic carbocycles. The van der Waals surface area contributed by atoms with Crippen LogP contribution in [0.25, 0.3) is 0 Å². The maximum Gasteiger partial charge on any atom is 0.133 e. The van der Waals surface area contributed by atoms with Gasteiger partial charge in [-0.25, -0.2) is 0 Å². The van der Waals surface area contributed by atoms with E-state index in [1.807, 2.05) is 0 Å². The lowest BCUT2D eigenvalue weighted by Crippen LogP contribution is -2.23. The lowest BCUT2D eigenvalue weighted by atomic mass is 9.45. The molecule has 0 amide bonds. The Balaban J connectivity index is 3.87. The lowest BCUT2D eigenvalue weighted by Gasteiger charge is -2.30. The van der Waals surface area contributed by atoms with Crippen LogP contribution in [0.15, 0.2) is 0 Å². The van der Waals surface area contributed by atoms with Gasteiger partial charge in [0.25, 0.3) is 0 Å². The molecule has 0 unspecified atom stereocenters. The third-order valence-corrected chi connectivity index (χ3v) is 2.50. The fraction of sp³-hybridized carbons (Fsp3) is 1.00. The molecule has 10 heavy (non-hydrogen) atoms. The first-order chi connectivity index (χ1) is 4.36. The zero-order chi connectivity index (χ0) is 8.36. The average Bonchev–Trinajstić information content (AvgIpc) is 1.60. The number of hydrogen-bond acceptors (Lipinski definition) is 0. The van der Waals surface area contributed by atoms with Crippen LogP contribution in [0.2, 0.25) is 20.0 Å².